The first-order valence-electron chi connectivity index (χ1n) is 13.0. The van der Waals surface area contributed by atoms with Gasteiger partial charge in [0.2, 0.25) is 11.8 Å². The summed E-state index contributed by atoms with van der Waals surface area (Å²) >= 11 is 1.58. The summed E-state index contributed by atoms with van der Waals surface area (Å²) < 4.78 is 4.82. The van der Waals surface area contributed by atoms with Gasteiger partial charge in [-0.15, -0.1) is 11.8 Å². The number of carbonyl (C=O) groups excluding carboxylic acids is 3. The molecule has 192 valence electrons. The van der Waals surface area contributed by atoms with Crippen LogP contribution in [0, 0.1) is 11.8 Å². The average Bonchev–Trinajstić information content (AvgIpc) is 3.27. The lowest BCUT2D eigenvalue weighted by molar-refractivity contribution is -0.153. The van der Waals surface area contributed by atoms with Crippen molar-refractivity contribution in [2.45, 2.75) is 54.7 Å². The molecule has 4 aliphatic heterocycles. The number of cyclic esters (lactones) is 1. The van der Waals surface area contributed by atoms with Crippen LogP contribution in [-0.2, 0) is 25.7 Å². The fraction of sp³-hybridized carbons (Fsp3) is 0.536. The van der Waals surface area contributed by atoms with Gasteiger partial charge in [-0.25, -0.2) is 0 Å². The SMILES string of the molecule is O=C1OCCCC/C=C\[C@H]2S[C@]34C=CCN(Cc5ccccc5)C(=O)C3N(CCCCO)C(=O)[C@@H]4[C@@H]12. The lowest BCUT2D eigenvalue weighted by atomic mass is 9.78. The first kappa shape index (κ1) is 25.1. The molecule has 1 aromatic carbocycles. The number of amides is 2. The van der Waals surface area contributed by atoms with Gasteiger partial charge in [-0.2, -0.15) is 0 Å². The molecule has 4 heterocycles. The van der Waals surface area contributed by atoms with Crippen molar-refractivity contribution >= 4 is 29.5 Å². The Kier molecular flexibility index (Phi) is 7.53. The van der Waals surface area contributed by atoms with Gasteiger partial charge in [0.1, 0.15) is 6.04 Å². The van der Waals surface area contributed by atoms with Crippen LogP contribution in [0.15, 0.2) is 54.6 Å². The van der Waals surface area contributed by atoms with Crippen LogP contribution in [0.1, 0.15) is 37.7 Å². The number of benzene rings is 1. The van der Waals surface area contributed by atoms with Crippen molar-refractivity contribution in [3.05, 3.63) is 60.2 Å². The minimum atomic E-state index is -0.828. The van der Waals surface area contributed by atoms with Crippen molar-refractivity contribution in [2.75, 3.05) is 26.3 Å². The predicted octanol–water partition coefficient (Wildman–Crippen LogP) is 2.94. The molecule has 0 radical (unpaired) electrons. The van der Waals surface area contributed by atoms with E-state index in [2.05, 4.69) is 12.2 Å². The molecular weight excluding hydrogens is 476 g/mol. The minimum Gasteiger partial charge on any atom is -0.465 e. The van der Waals surface area contributed by atoms with Crippen LogP contribution in [0.4, 0.5) is 0 Å². The Labute approximate surface area is 216 Å². The maximum Gasteiger partial charge on any atom is 0.311 e. The Hall–Kier alpha value is -2.58. The molecule has 0 bridgehead atoms. The van der Waals surface area contributed by atoms with Gasteiger partial charge < -0.3 is 19.6 Å². The number of thioether (sulfide) groups is 1. The third-order valence-electron chi connectivity index (χ3n) is 7.71. The fourth-order valence-corrected chi connectivity index (χ4v) is 8.04. The van der Waals surface area contributed by atoms with Crippen LogP contribution in [-0.4, -0.2) is 75.0 Å². The lowest BCUT2D eigenvalue weighted by Crippen LogP contribution is -2.53. The average molecular weight is 511 g/mol. The van der Waals surface area contributed by atoms with Crippen molar-refractivity contribution in [1.29, 1.82) is 0 Å². The third-order valence-corrected chi connectivity index (χ3v) is 9.45. The third kappa shape index (κ3) is 4.50. The molecule has 5 rings (SSSR count). The van der Waals surface area contributed by atoms with E-state index >= 15 is 0 Å². The number of ether oxygens (including phenoxy) is 1. The highest BCUT2D eigenvalue weighted by Crippen LogP contribution is 2.60. The zero-order valence-corrected chi connectivity index (χ0v) is 21.3. The number of fused-ring (bicyclic) bond motifs is 2. The highest BCUT2D eigenvalue weighted by molar-refractivity contribution is 8.02. The molecule has 8 heteroatoms. The summed E-state index contributed by atoms with van der Waals surface area (Å²) in [4.78, 5) is 45.0. The van der Waals surface area contributed by atoms with Crippen LogP contribution in [0.5, 0.6) is 0 Å². The summed E-state index contributed by atoms with van der Waals surface area (Å²) in [5, 5.41) is 9.12. The fourth-order valence-electron chi connectivity index (χ4n) is 6.04. The number of allylic oxidation sites excluding steroid dienone is 1. The van der Waals surface area contributed by atoms with Crippen molar-refractivity contribution in [2.24, 2.45) is 11.8 Å². The van der Waals surface area contributed by atoms with E-state index < -0.39 is 22.6 Å². The molecule has 2 fully saturated rings. The minimum absolute atomic E-state index is 0.0336. The molecule has 5 atom stereocenters. The topological polar surface area (TPSA) is 87.2 Å². The molecule has 0 aliphatic carbocycles. The van der Waals surface area contributed by atoms with E-state index in [4.69, 9.17) is 4.74 Å². The number of unbranched alkanes of at least 4 members (excludes halogenated alkanes) is 1. The number of rotatable bonds is 6. The van der Waals surface area contributed by atoms with E-state index in [1.165, 1.54) is 0 Å². The van der Waals surface area contributed by atoms with Gasteiger partial charge in [0.15, 0.2) is 0 Å². The van der Waals surface area contributed by atoms with Crippen LogP contribution in [0.25, 0.3) is 0 Å². The number of hydrogen-bond donors (Lipinski definition) is 1. The monoisotopic (exact) mass is 510 g/mol. The quantitative estimate of drug-likeness (QED) is 0.360. The van der Waals surface area contributed by atoms with Gasteiger partial charge in [-0.1, -0.05) is 54.6 Å². The second-order valence-electron chi connectivity index (χ2n) is 10.0. The lowest BCUT2D eigenvalue weighted by Gasteiger charge is -2.35. The second kappa shape index (κ2) is 10.8. The molecular formula is C28H34N2O5S. The zero-order valence-electron chi connectivity index (χ0n) is 20.5. The van der Waals surface area contributed by atoms with Crippen LogP contribution >= 0.6 is 11.8 Å². The van der Waals surface area contributed by atoms with E-state index in [1.54, 1.807) is 16.7 Å². The smallest absolute Gasteiger partial charge is 0.311 e. The summed E-state index contributed by atoms with van der Waals surface area (Å²) in [7, 11) is 0. The number of carbonyl (C=O) groups is 3. The Morgan fingerprint density at radius 2 is 1.89 bits per heavy atom. The van der Waals surface area contributed by atoms with Crippen molar-refractivity contribution < 1.29 is 24.2 Å². The second-order valence-corrected chi connectivity index (χ2v) is 11.5. The van der Waals surface area contributed by atoms with E-state index in [0.29, 0.717) is 39.1 Å². The number of nitrogens with zero attached hydrogens (tertiary/aromatic N) is 2. The van der Waals surface area contributed by atoms with E-state index in [9.17, 15) is 19.5 Å². The molecule has 1 spiro atoms. The normalized spacial score (nSPS) is 33.0. The molecule has 4 aliphatic rings. The molecule has 1 unspecified atom stereocenters. The Balaban J connectivity index is 1.53. The van der Waals surface area contributed by atoms with E-state index in [1.807, 2.05) is 47.4 Å². The Morgan fingerprint density at radius 1 is 1.06 bits per heavy atom. The summed E-state index contributed by atoms with van der Waals surface area (Å²) in [6.07, 6.45) is 12.0. The number of hydrogen-bond acceptors (Lipinski definition) is 6. The van der Waals surface area contributed by atoms with E-state index in [0.717, 1.165) is 24.8 Å². The summed E-state index contributed by atoms with van der Waals surface area (Å²) in [5.74, 6) is -1.85. The van der Waals surface area contributed by atoms with Gasteiger partial charge in [0, 0.05) is 31.5 Å². The van der Waals surface area contributed by atoms with Gasteiger partial charge >= 0.3 is 5.97 Å². The summed E-state index contributed by atoms with van der Waals surface area (Å²) in [6, 6.07) is 9.16. The van der Waals surface area contributed by atoms with Crippen LogP contribution < -0.4 is 0 Å². The number of likely N-dealkylation sites (tertiary alicyclic amines) is 1. The van der Waals surface area contributed by atoms with E-state index in [-0.39, 0.29) is 29.6 Å². The largest absolute Gasteiger partial charge is 0.465 e. The predicted molar refractivity (Wildman–Crippen MR) is 138 cm³/mol. The number of esters is 1. The molecule has 2 amide bonds. The van der Waals surface area contributed by atoms with Crippen LogP contribution in [0.2, 0.25) is 0 Å². The molecule has 36 heavy (non-hydrogen) atoms. The molecule has 1 N–H and O–H groups in total. The number of aliphatic hydroxyl groups is 1. The van der Waals surface area contributed by atoms with Crippen molar-refractivity contribution in [3.8, 4) is 0 Å². The van der Waals surface area contributed by atoms with Gasteiger partial charge in [-0.3, -0.25) is 14.4 Å². The Morgan fingerprint density at radius 3 is 2.69 bits per heavy atom. The maximum atomic E-state index is 14.2. The molecule has 7 nitrogen and oxygen atoms in total. The summed E-state index contributed by atoms with van der Waals surface area (Å²) in [5.41, 5.74) is 1.03. The zero-order chi connectivity index (χ0) is 25.1. The molecule has 0 aromatic heterocycles. The molecule has 1 aromatic rings. The first-order chi connectivity index (χ1) is 17.6. The van der Waals surface area contributed by atoms with Crippen molar-refractivity contribution in [3.63, 3.8) is 0 Å². The van der Waals surface area contributed by atoms with Gasteiger partial charge in [-0.05, 0) is 37.7 Å². The molecule has 2 saturated heterocycles. The van der Waals surface area contributed by atoms with Crippen LogP contribution in [0.3, 0.4) is 0 Å². The first-order valence-corrected chi connectivity index (χ1v) is 13.9. The van der Waals surface area contributed by atoms with Gasteiger partial charge in [0.25, 0.3) is 0 Å². The van der Waals surface area contributed by atoms with Crippen molar-refractivity contribution in [1.82, 2.24) is 9.80 Å². The number of aliphatic hydroxyl groups excluding tert-OH is 1. The standard InChI is InChI=1S/C28H34N2O5S/c31-17-8-7-16-30-24-26(33)29(19-20-11-4-3-5-12-20)15-10-14-28(24)23(25(30)32)22-21(36-28)13-6-1-2-9-18-35-27(22)34/h3-6,10-14,21-24,31H,1-2,7-9,15-19H2/b13-6-/t21-,22+,23+,24?,28+/m1/s1. The molecule has 0 saturated carbocycles. The highest BCUT2D eigenvalue weighted by atomic mass is 32.2. The van der Waals surface area contributed by atoms with Gasteiger partial charge in [0.05, 0.1) is 23.2 Å². The Bertz CT molecular complexity index is 1040. The highest BCUT2D eigenvalue weighted by Gasteiger charge is 2.70. The maximum absolute atomic E-state index is 14.2. The summed E-state index contributed by atoms with van der Waals surface area (Å²) in [6.45, 7) is 1.68.